The second-order valence-electron chi connectivity index (χ2n) is 5.64. The number of amides is 1. The van der Waals surface area contributed by atoms with Crippen molar-refractivity contribution < 1.29 is 9.53 Å². The molecular formula is C18H16Cl3NO2S. The highest BCUT2D eigenvalue weighted by Crippen LogP contribution is 2.33. The quantitative estimate of drug-likeness (QED) is 0.468. The highest BCUT2D eigenvalue weighted by atomic mass is 35.5. The first kappa shape index (κ1) is 18.9. The second-order valence-corrected chi connectivity index (χ2v) is 7.93. The number of hydrogen-bond donors (Lipinski definition) is 1. The van der Waals surface area contributed by atoms with E-state index in [9.17, 15) is 4.79 Å². The first-order valence-electron chi connectivity index (χ1n) is 7.84. The van der Waals surface area contributed by atoms with Crippen molar-refractivity contribution in [2.75, 3.05) is 17.7 Å². The van der Waals surface area contributed by atoms with Crippen molar-refractivity contribution in [1.29, 1.82) is 0 Å². The number of benzene rings is 2. The van der Waals surface area contributed by atoms with Crippen LogP contribution in [0.2, 0.25) is 15.1 Å². The first-order chi connectivity index (χ1) is 12.0. The standard InChI is InChI=1S/C18H16Cl3NO2S/c19-13-8-15(21)16(9-14(13)20)22-18(23)12-5-1-2-6-17(12)25-10-11-4-3-7-24-11/h1-2,5-6,8-9,11H,3-4,7,10H2,(H,22,23). The van der Waals surface area contributed by atoms with Crippen LogP contribution in [0.3, 0.4) is 0 Å². The summed E-state index contributed by atoms with van der Waals surface area (Å²) in [5.74, 6) is 0.591. The normalized spacial score (nSPS) is 16.8. The van der Waals surface area contributed by atoms with E-state index in [-0.39, 0.29) is 12.0 Å². The van der Waals surface area contributed by atoms with Gasteiger partial charge in [0.1, 0.15) is 0 Å². The molecule has 0 radical (unpaired) electrons. The lowest BCUT2D eigenvalue weighted by atomic mass is 10.2. The Morgan fingerprint density at radius 2 is 1.92 bits per heavy atom. The number of rotatable bonds is 5. The maximum Gasteiger partial charge on any atom is 0.256 e. The Hall–Kier alpha value is -0.910. The maximum atomic E-state index is 12.7. The summed E-state index contributed by atoms with van der Waals surface area (Å²) in [6.45, 7) is 0.823. The van der Waals surface area contributed by atoms with E-state index in [2.05, 4.69) is 5.32 Å². The fourth-order valence-corrected chi connectivity index (χ4v) is 4.26. The van der Waals surface area contributed by atoms with Gasteiger partial charge < -0.3 is 10.1 Å². The van der Waals surface area contributed by atoms with Crippen molar-refractivity contribution in [3.8, 4) is 0 Å². The van der Waals surface area contributed by atoms with Crippen LogP contribution < -0.4 is 5.32 Å². The van der Waals surface area contributed by atoms with Crippen LogP contribution >= 0.6 is 46.6 Å². The zero-order valence-corrected chi connectivity index (χ0v) is 16.3. The number of ether oxygens (including phenoxy) is 1. The van der Waals surface area contributed by atoms with Crippen LogP contribution in [0.25, 0.3) is 0 Å². The van der Waals surface area contributed by atoms with Crippen molar-refractivity contribution >= 4 is 58.2 Å². The summed E-state index contributed by atoms with van der Waals surface area (Å²) in [5.41, 5.74) is 1.02. The molecule has 3 nitrogen and oxygen atoms in total. The highest BCUT2D eigenvalue weighted by molar-refractivity contribution is 7.99. The van der Waals surface area contributed by atoms with E-state index in [1.165, 1.54) is 6.07 Å². The van der Waals surface area contributed by atoms with E-state index in [0.29, 0.717) is 26.3 Å². The SMILES string of the molecule is O=C(Nc1cc(Cl)c(Cl)cc1Cl)c1ccccc1SCC1CCCO1. The lowest BCUT2D eigenvalue weighted by molar-refractivity contribution is 0.102. The summed E-state index contributed by atoms with van der Waals surface area (Å²) < 4.78 is 5.64. The third kappa shape index (κ3) is 4.83. The molecule has 0 aliphatic carbocycles. The van der Waals surface area contributed by atoms with E-state index >= 15 is 0 Å². The highest BCUT2D eigenvalue weighted by Gasteiger charge is 2.18. The third-order valence-electron chi connectivity index (χ3n) is 3.84. The average Bonchev–Trinajstić information content (AvgIpc) is 3.11. The van der Waals surface area contributed by atoms with E-state index in [0.717, 1.165) is 30.1 Å². The molecule has 1 saturated heterocycles. The van der Waals surface area contributed by atoms with Crippen LogP contribution in [0.5, 0.6) is 0 Å². The molecule has 0 bridgehead atoms. The largest absolute Gasteiger partial charge is 0.377 e. The molecule has 0 saturated carbocycles. The minimum Gasteiger partial charge on any atom is -0.377 e. The number of carbonyl (C=O) groups is 1. The molecule has 1 atom stereocenters. The van der Waals surface area contributed by atoms with Crippen molar-refractivity contribution in [2.45, 2.75) is 23.8 Å². The zero-order valence-electron chi connectivity index (χ0n) is 13.2. The molecule has 132 valence electrons. The fourth-order valence-electron chi connectivity index (χ4n) is 2.55. The Balaban J connectivity index is 1.74. The molecule has 1 heterocycles. The smallest absolute Gasteiger partial charge is 0.256 e. The summed E-state index contributed by atoms with van der Waals surface area (Å²) in [5, 5.41) is 3.82. The minimum absolute atomic E-state index is 0.240. The third-order valence-corrected chi connectivity index (χ3v) is 6.08. The molecule has 1 aliphatic heterocycles. The summed E-state index contributed by atoms with van der Waals surface area (Å²) in [6, 6.07) is 10.5. The molecule has 1 fully saturated rings. The molecule has 1 N–H and O–H groups in total. The van der Waals surface area contributed by atoms with Gasteiger partial charge in [0.2, 0.25) is 0 Å². The van der Waals surface area contributed by atoms with Crippen molar-refractivity contribution in [3.05, 3.63) is 57.0 Å². The van der Waals surface area contributed by atoms with Crippen LogP contribution in [0, 0.1) is 0 Å². The van der Waals surface area contributed by atoms with Gasteiger partial charge in [-0.1, -0.05) is 46.9 Å². The Labute approximate surface area is 166 Å². The van der Waals surface area contributed by atoms with Gasteiger partial charge in [-0.3, -0.25) is 4.79 Å². The summed E-state index contributed by atoms with van der Waals surface area (Å²) in [7, 11) is 0. The molecule has 1 unspecified atom stereocenters. The first-order valence-corrected chi connectivity index (χ1v) is 9.96. The molecule has 0 aromatic heterocycles. The van der Waals surface area contributed by atoms with Gasteiger partial charge in [-0.15, -0.1) is 11.8 Å². The van der Waals surface area contributed by atoms with Crippen molar-refractivity contribution in [1.82, 2.24) is 0 Å². The lowest BCUT2D eigenvalue weighted by Crippen LogP contribution is -2.14. The molecule has 2 aromatic carbocycles. The average molecular weight is 417 g/mol. The Morgan fingerprint density at radius 1 is 1.16 bits per heavy atom. The van der Waals surface area contributed by atoms with Crippen LogP contribution in [0.1, 0.15) is 23.2 Å². The number of thioether (sulfide) groups is 1. The van der Waals surface area contributed by atoms with Gasteiger partial charge in [-0.2, -0.15) is 0 Å². The number of anilines is 1. The maximum absolute atomic E-state index is 12.7. The van der Waals surface area contributed by atoms with Crippen molar-refractivity contribution in [3.63, 3.8) is 0 Å². The predicted octanol–water partition coefficient (Wildman–Crippen LogP) is 6.17. The van der Waals surface area contributed by atoms with Crippen LogP contribution in [-0.2, 0) is 4.74 Å². The Bertz CT molecular complexity index is 779. The molecule has 1 amide bonds. The van der Waals surface area contributed by atoms with Crippen LogP contribution in [0.4, 0.5) is 5.69 Å². The van der Waals surface area contributed by atoms with Gasteiger partial charge in [0.05, 0.1) is 32.4 Å². The Kier molecular flexibility index (Phi) is 6.53. The van der Waals surface area contributed by atoms with Gasteiger partial charge in [-0.05, 0) is 37.1 Å². The number of nitrogens with one attached hydrogen (secondary N) is 1. The van der Waals surface area contributed by atoms with Gasteiger partial charge in [0, 0.05) is 17.3 Å². The number of halogens is 3. The van der Waals surface area contributed by atoms with E-state index in [1.54, 1.807) is 23.9 Å². The van der Waals surface area contributed by atoms with Gasteiger partial charge in [-0.25, -0.2) is 0 Å². The van der Waals surface area contributed by atoms with Gasteiger partial charge >= 0.3 is 0 Å². The molecule has 25 heavy (non-hydrogen) atoms. The lowest BCUT2D eigenvalue weighted by Gasteiger charge is -2.13. The van der Waals surface area contributed by atoms with Crippen LogP contribution in [0.15, 0.2) is 41.3 Å². The van der Waals surface area contributed by atoms with Crippen molar-refractivity contribution in [2.24, 2.45) is 0 Å². The van der Waals surface area contributed by atoms with E-state index < -0.39 is 0 Å². The molecule has 3 rings (SSSR count). The minimum atomic E-state index is -0.240. The monoisotopic (exact) mass is 415 g/mol. The second kappa shape index (κ2) is 8.65. The molecule has 1 aliphatic rings. The number of hydrogen-bond acceptors (Lipinski definition) is 3. The molecule has 2 aromatic rings. The summed E-state index contributed by atoms with van der Waals surface area (Å²) >= 11 is 19.7. The van der Waals surface area contributed by atoms with E-state index in [4.69, 9.17) is 39.5 Å². The summed E-state index contributed by atoms with van der Waals surface area (Å²) in [4.78, 5) is 13.6. The zero-order chi connectivity index (χ0) is 17.8. The predicted molar refractivity (Wildman–Crippen MR) is 106 cm³/mol. The molecular weight excluding hydrogens is 401 g/mol. The summed E-state index contributed by atoms with van der Waals surface area (Å²) in [6.07, 6.45) is 2.43. The topological polar surface area (TPSA) is 38.3 Å². The molecule has 7 heteroatoms. The molecule has 0 spiro atoms. The Morgan fingerprint density at radius 3 is 2.68 bits per heavy atom. The van der Waals surface area contributed by atoms with Gasteiger partial charge in [0.25, 0.3) is 5.91 Å². The van der Waals surface area contributed by atoms with Crippen LogP contribution in [-0.4, -0.2) is 24.4 Å². The fraction of sp³-hybridized carbons (Fsp3) is 0.278. The number of carbonyl (C=O) groups excluding carboxylic acids is 1. The van der Waals surface area contributed by atoms with Gasteiger partial charge in [0.15, 0.2) is 0 Å². The van der Waals surface area contributed by atoms with E-state index in [1.807, 2.05) is 18.2 Å².